The van der Waals surface area contributed by atoms with E-state index in [0.29, 0.717) is 19.0 Å². The van der Waals surface area contributed by atoms with Crippen molar-refractivity contribution in [3.05, 3.63) is 35.4 Å². The van der Waals surface area contributed by atoms with Crippen molar-refractivity contribution >= 4 is 5.91 Å². The molecule has 0 spiro atoms. The number of nitrogens with two attached hydrogens (primary N) is 1. The van der Waals surface area contributed by atoms with Gasteiger partial charge in [0.25, 0.3) is 0 Å². The van der Waals surface area contributed by atoms with E-state index in [1.54, 1.807) is 4.90 Å². The second-order valence-electron chi connectivity index (χ2n) is 5.65. The van der Waals surface area contributed by atoms with E-state index < -0.39 is 11.6 Å². The highest BCUT2D eigenvalue weighted by atomic mass is 19.2. The van der Waals surface area contributed by atoms with Gasteiger partial charge in [0.2, 0.25) is 5.91 Å². The second kappa shape index (κ2) is 4.27. The normalized spacial score (nSPS) is 21.1. The molecule has 1 aromatic carbocycles. The van der Waals surface area contributed by atoms with Gasteiger partial charge in [-0.3, -0.25) is 4.79 Å². The Morgan fingerprint density at radius 2 is 2.05 bits per heavy atom. The molecule has 1 aromatic rings. The highest BCUT2D eigenvalue weighted by Crippen LogP contribution is 2.43. The molecule has 2 aliphatic rings. The van der Waals surface area contributed by atoms with Crippen LogP contribution in [0, 0.1) is 17.6 Å². The van der Waals surface area contributed by atoms with Crippen LogP contribution < -0.4 is 5.73 Å². The first-order valence-corrected chi connectivity index (χ1v) is 6.49. The van der Waals surface area contributed by atoms with Gasteiger partial charge in [0, 0.05) is 18.7 Å². The lowest BCUT2D eigenvalue weighted by Crippen LogP contribution is -2.70. The van der Waals surface area contributed by atoms with E-state index in [-0.39, 0.29) is 23.4 Å². The fourth-order valence-electron chi connectivity index (χ4n) is 2.72. The highest BCUT2D eigenvalue weighted by Gasteiger charge is 2.51. The van der Waals surface area contributed by atoms with Gasteiger partial charge in [0.1, 0.15) is 0 Å². The predicted molar refractivity (Wildman–Crippen MR) is 66.3 cm³/mol. The van der Waals surface area contributed by atoms with E-state index in [9.17, 15) is 13.6 Å². The minimum atomic E-state index is -0.933. The number of amides is 1. The van der Waals surface area contributed by atoms with Gasteiger partial charge in [0.05, 0.1) is 12.0 Å². The van der Waals surface area contributed by atoms with Crippen molar-refractivity contribution in [2.24, 2.45) is 11.7 Å². The molecule has 2 N–H and O–H groups in total. The standard InChI is InChI=1S/C14H16F2N2O/c15-11-3-1-2-9(13(11)16)6-12(19)18-7-14(17,8-18)10-4-5-10/h1-3,10H,4-8,17H2. The fourth-order valence-corrected chi connectivity index (χ4v) is 2.72. The van der Waals surface area contributed by atoms with E-state index >= 15 is 0 Å². The van der Waals surface area contributed by atoms with E-state index in [2.05, 4.69) is 0 Å². The van der Waals surface area contributed by atoms with Gasteiger partial charge in [-0.15, -0.1) is 0 Å². The topological polar surface area (TPSA) is 46.3 Å². The number of halogens is 2. The first kappa shape index (κ1) is 12.5. The Balaban J connectivity index is 1.62. The quantitative estimate of drug-likeness (QED) is 0.900. The van der Waals surface area contributed by atoms with Crippen LogP contribution in [0.1, 0.15) is 18.4 Å². The van der Waals surface area contributed by atoms with E-state index in [4.69, 9.17) is 5.73 Å². The number of nitrogens with zero attached hydrogens (tertiary/aromatic N) is 1. The van der Waals surface area contributed by atoms with Crippen molar-refractivity contribution < 1.29 is 13.6 Å². The Morgan fingerprint density at radius 3 is 2.68 bits per heavy atom. The maximum Gasteiger partial charge on any atom is 0.227 e. The lowest BCUT2D eigenvalue weighted by atomic mass is 9.85. The zero-order valence-electron chi connectivity index (χ0n) is 10.5. The monoisotopic (exact) mass is 266 g/mol. The van der Waals surface area contributed by atoms with Crippen LogP contribution in [0.5, 0.6) is 0 Å². The van der Waals surface area contributed by atoms with Crippen molar-refractivity contribution in [1.29, 1.82) is 0 Å². The molecule has 19 heavy (non-hydrogen) atoms. The van der Waals surface area contributed by atoms with Crippen LogP contribution in [0.2, 0.25) is 0 Å². The van der Waals surface area contributed by atoms with Crippen molar-refractivity contribution in [2.75, 3.05) is 13.1 Å². The molecule has 0 radical (unpaired) electrons. The van der Waals surface area contributed by atoms with Crippen LogP contribution in [0.25, 0.3) is 0 Å². The van der Waals surface area contributed by atoms with Crippen molar-refractivity contribution in [2.45, 2.75) is 24.8 Å². The Kier molecular flexibility index (Phi) is 2.82. The van der Waals surface area contributed by atoms with Gasteiger partial charge in [-0.2, -0.15) is 0 Å². The molecule has 2 fully saturated rings. The first-order chi connectivity index (χ1) is 8.99. The number of likely N-dealkylation sites (tertiary alicyclic amines) is 1. The molecule has 1 saturated carbocycles. The summed E-state index contributed by atoms with van der Waals surface area (Å²) in [5.74, 6) is -1.51. The molecular formula is C14H16F2N2O. The number of carbonyl (C=O) groups is 1. The average Bonchev–Trinajstić information content (AvgIpc) is 3.15. The summed E-state index contributed by atoms with van der Waals surface area (Å²) in [6.45, 7) is 1.07. The number of hydrogen-bond donors (Lipinski definition) is 1. The second-order valence-corrected chi connectivity index (χ2v) is 5.65. The number of carbonyl (C=O) groups excluding carboxylic acids is 1. The van der Waals surface area contributed by atoms with Gasteiger partial charge in [0.15, 0.2) is 11.6 Å². The number of hydrogen-bond acceptors (Lipinski definition) is 2. The van der Waals surface area contributed by atoms with Gasteiger partial charge < -0.3 is 10.6 Å². The van der Waals surface area contributed by atoms with Gasteiger partial charge in [-0.1, -0.05) is 12.1 Å². The zero-order valence-corrected chi connectivity index (χ0v) is 10.5. The summed E-state index contributed by atoms with van der Waals surface area (Å²) in [6.07, 6.45) is 2.17. The first-order valence-electron chi connectivity index (χ1n) is 6.49. The maximum atomic E-state index is 13.5. The molecule has 3 rings (SSSR count). The lowest BCUT2D eigenvalue weighted by molar-refractivity contribution is -0.138. The Labute approximate surface area is 110 Å². The minimum absolute atomic E-state index is 0.103. The lowest BCUT2D eigenvalue weighted by Gasteiger charge is -2.48. The third-order valence-electron chi connectivity index (χ3n) is 4.09. The number of rotatable bonds is 3. The van der Waals surface area contributed by atoms with Crippen molar-refractivity contribution in [3.8, 4) is 0 Å². The van der Waals surface area contributed by atoms with Crippen LogP contribution in [-0.4, -0.2) is 29.4 Å². The molecule has 1 saturated heterocycles. The summed E-state index contributed by atoms with van der Waals surface area (Å²) >= 11 is 0. The van der Waals surface area contributed by atoms with Crippen LogP contribution >= 0.6 is 0 Å². The summed E-state index contributed by atoms with van der Waals surface area (Å²) in [5, 5.41) is 0. The Morgan fingerprint density at radius 1 is 1.37 bits per heavy atom. The van der Waals surface area contributed by atoms with Crippen LogP contribution in [0.3, 0.4) is 0 Å². The minimum Gasteiger partial charge on any atom is -0.339 e. The van der Waals surface area contributed by atoms with Gasteiger partial charge >= 0.3 is 0 Å². The maximum absolute atomic E-state index is 13.5. The molecule has 0 aromatic heterocycles. The molecule has 102 valence electrons. The fraction of sp³-hybridized carbons (Fsp3) is 0.500. The van der Waals surface area contributed by atoms with Gasteiger partial charge in [-0.25, -0.2) is 8.78 Å². The van der Waals surface area contributed by atoms with Crippen molar-refractivity contribution in [1.82, 2.24) is 4.90 Å². The Bertz CT molecular complexity index is 522. The molecule has 1 amide bonds. The van der Waals surface area contributed by atoms with Crippen molar-refractivity contribution in [3.63, 3.8) is 0 Å². The summed E-state index contributed by atoms with van der Waals surface area (Å²) < 4.78 is 26.5. The van der Waals surface area contributed by atoms with Crippen LogP contribution in [-0.2, 0) is 11.2 Å². The van der Waals surface area contributed by atoms with Crippen LogP contribution in [0.15, 0.2) is 18.2 Å². The van der Waals surface area contributed by atoms with Crippen LogP contribution in [0.4, 0.5) is 8.78 Å². The summed E-state index contributed by atoms with van der Waals surface area (Å²) in [7, 11) is 0. The molecule has 0 bridgehead atoms. The molecule has 1 heterocycles. The SMILES string of the molecule is NC1(C2CC2)CN(C(=O)Cc2cccc(F)c2F)C1. The van der Waals surface area contributed by atoms with E-state index in [1.165, 1.54) is 12.1 Å². The molecule has 1 aliphatic heterocycles. The third-order valence-corrected chi connectivity index (χ3v) is 4.09. The third kappa shape index (κ3) is 2.23. The number of benzene rings is 1. The summed E-state index contributed by atoms with van der Waals surface area (Å²) in [4.78, 5) is 13.6. The largest absolute Gasteiger partial charge is 0.339 e. The smallest absolute Gasteiger partial charge is 0.227 e. The highest BCUT2D eigenvalue weighted by molar-refractivity contribution is 5.80. The molecule has 0 atom stereocenters. The molecular weight excluding hydrogens is 250 g/mol. The molecule has 3 nitrogen and oxygen atoms in total. The Hall–Kier alpha value is -1.49. The average molecular weight is 266 g/mol. The molecule has 5 heteroatoms. The van der Waals surface area contributed by atoms with Gasteiger partial charge in [-0.05, 0) is 24.8 Å². The van der Waals surface area contributed by atoms with E-state index in [1.807, 2.05) is 0 Å². The summed E-state index contributed by atoms with van der Waals surface area (Å²) in [5.41, 5.74) is 6.02. The predicted octanol–water partition coefficient (Wildman–Crippen LogP) is 1.46. The van der Waals surface area contributed by atoms with E-state index in [0.717, 1.165) is 18.9 Å². The summed E-state index contributed by atoms with van der Waals surface area (Å²) in [6, 6.07) is 3.90. The molecule has 0 unspecified atom stereocenters. The molecule has 1 aliphatic carbocycles. The zero-order chi connectivity index (χ0) is 13.6.